The minimum absolute atomic E-state index is 0.0151. The van der Waals surface area contributed by atoms with E-state index in [9.17, 15) is 9.59 Å². The summed E-state index contributed by atoms with van der Waals surface area (Å²) >= 11 is 0. The van der Waals surface area contributed by atoms with Crippen molar-refractivity contribution in [1.82, 2.24) is 9.47 Å². The van der Waals surface area contributed by atoms with Gasteiger partial charge in [0.15, 0.2) is 5.43 Å². The fraction of sp³-hybridized carbons (Fsp3) is 0.444. The second-order valence-corrected chi connectivity index (χ2v) is 5.88. The van der Waals surface area contributed by atoms with Gasteiger partial charge in [-0.3, -0.25) is 9.59 Å². The zero-order valence-electron chi connectivity index (χ0n) is 13.4. The molecule has 5 heteroatoms. The number of ether oxygens (including phenoxy) is 1. The van der Waals surface area contributed by atoms with Gasteiger partial charge in [-0.1, -0.05) is 12.1 Å². The van der Waals surface area contributed by atoms with Crippen LogP contribution in [0.5, 0.6) is 0 Å². The van der Waals surface area contributed by atoms with Crippen LogP contribution in [0.4, 0.5) is 0 Å². The second-order valence-electron chi connectivity index (χ2n) is 5.88. The fourth-order valence-electron chi connectivity index (χ4n) is 3.18. The molecule has 1 aromatic heterocycles. The molecule has 1 aliphatic heterocycles. The molecule has 1 saturated heterocycles. The number of amides is 1. The molecule has 0 radical (unpaired) electrons. The maximum Gasteiger partial charge on any atom is 0.242 e. The molecule has 1 aliphatic rings. The van der Waals surface area contributed by atoms with E-state index >= 15 is 0 Å². The summed E-state index contributed by atoms with van der Waals surface area (Å²) in [5, 5.41) is 0.647. The van der Waals surface area contributed by atoms with Gasteiger partial charge in [0.05, 0.1) is 11.6 Å². The number of hydrogen-bond acceptors (Lipinski definition) is 3. The number of hydrogen-bond donors (Lipinski definition) is 0. The van der Waals surface area contributed by atoms with Crippen LogP contribution in [0.2, 0.25) is 0 Å². The molecule has 0 aliphatic carbocycles. The third-order valence-corrected chi connectivity index (χ3v) is 4.32. The number of benzene rings is 1. The van der Waals surface area contributed by atoms with Gasteiger partial charge >= 0.3 is 0 Å². The van der Waals surface area contributed by atoms with Crippen molar-refractivity contribution in [2.45, 2.75) is 32.4 Å². The Morgan fingerprint density at radius 2 is 2.13 bits per heavy atom. The molecule has 2 heterocycles. The van der Waals surface area contributed by atoms with Crippen molar-refractivity contribution < 1.29 is 9.53 Å². The van der Waals surface area contributed by atoms with Gasteiger partial charge in [0.2, 0.25) is 5.91 Å². The Morgan fingerprint density at radius 3 is 2.96 bits per heavy atom. The fourth-order valence-corrected chi connectivity index (χ4v) is 3.18. The molecule has 1 amide bonds. The molecular formula is C18H22N2O3. The van der Waals surface area contributed by atoms with Gasteiger partial charge in [-0.2, -0.15) is 0 Å². The van der Waals surface area contributed by atoms with Crippen LogP contribution in [0.15, 0.2) is 41.3 Å². The molecule has 3 rings (SSSR count). The summed E-state index contributed by atoms with van der Waals surface area (Å²) in [4.78, 5) is 26.4. The highest BCUT2D eigenvalue weighted by atomic mass is 16.5. The smallest absolute Gasteiger partial charge is 0.242 e. The van der Waals surface area contributed by atoms with Crippen LogP contribution in [0.1, 0.15) is 19.8 Å². The summed E-state index contributed by atoms with van der Waals surface area (Å²) < 4.78 is 7.51. The normalized spacial score (nSPS) is 18.3. The van der Waals surface area contributed by atoms with E-state index in [4.69, 9.17) is 4.74 Å². The Bertz CT molecular complexity index is 751. The van der Waals surface area contributed by atoms with Crippen molar-refractivity contribution in [1.29, 1.82) is 0 Å². The van der Waals surface area contributed by atoms with E-state index in [2.05, 4.69) is 0 Å². The van der Waals surface area contributed by atoms with Gasteiger partial charge in [0.1, 0.15) is 6.54 Å². The average Bonchev–Trinajstić information content (AvgIpc) is 2.58. The number of piperidine rings is 1. The molecule has 0 saturated carbocycles. The van der Waals surface area contributed by atoms with E-state index in [-0.39, 0.29) is 24.0 Å². The van der Waals surface area contributed by atoms with Gasteiger partial charge in [-0.15, -0.1) is 0 Å². The first kappa shape index (κ1) is 15.7. The molecule has 1 unspecified atom stereocenters. The number of likely N-dealkylation sites (tertiary alicyclic amines) is 1. The largest absolute Gasteiger partial charge is 0.377 e. The maximum absolute atomic E-state index is 12.6. The first-order valence-electron chi connectivity index (χ1n) is 8.16. The Balaban J connectivity index is 1.78. The van der Waals surface area contributed by atoms with Crippen LogP contribution in [-0.4, -0.2) is 41.2 Å². The van der Waals surface area contributed by atoms with Gasteiger partial charge in [-0.05, 0) is 31.9 Å². The number of para-hydroxylation sites is 1. The first-order valence-corrected chi connectivity index (χ1v) is 8.16. The molecule has 1 atom stereocenters. The summed E-state index contributed by atoms with van der Waals surface area (Å²) in [6, 6.07) is 8.92. The van der Waals surface area contributed by atoms with Crippen molar-refractivity contribution in [3.05, 3.63) is 46.8 Å². The lowest BCUT2D eigenvalue weighted by atomic mass is 10.1. The van der Waals surface area contributed by atoms with E-state index in [0.29, 0.717) is 18.5 Å². The summed E-state index contributed by atoms with van der Waals surface area (Å²) in [5.41, 5.74) is 0.783. The third kappa shape index (κ3) is 3.45. The summed E-state index contributed by atoms with van der Waals surface area (Å²) in [6.45, 7) is 4.34. The quantitative estimate of drug-likeness (QED) is 0.867. The molecule has 122 valence electrons. The molecular weight excluding hydrogens is 292 g/mol. The van der Waals surface area contributed by atoms with E-state index in [1.807, 2.05) is 34.6 Å². The molecule has 5 nitrogen and oxygen atoms in total. The van der Waals surface area contributed by atoms with Crippen LogP contribution in [-0.2, 0) is 16.1 Å². The molecule has 1 fully saturated rings. The van der Waals surface area contributed by atoms with Gasteiger partial charge < -0.3 is 14.2 Å². The maximum atomic E-state index is 12.6. The highest BCUT2D eigenvalue weighted by Gasteiger charge is 2.24. The zero-order valence-corrected chi connectivity index (χ0v) is 13.4. The topological polar surface area (TPSA) is 51.5 Å². The molecule has 2 aromatic rings. The number of rotatable bonds is 4. The van der Waals surface area contributed by atoms with E-state index in [0.717, 1.165) is 24.9 Å². The lowest BCUT2D eigenvalue weighted by molar-refractivity contribution is -0.135. The SMILES string of the molecule is CCOC1CCCN(C(=O)Cn2ccc(=O)c3ccccc32)C1. The molecule has 1 aromatic carbocycles. The van der Waals surface area contributed by atoms with Crippen molar-refractivity contribution in [2.24, 2.45) is 0 Å². The number of carbonyl (C=O) groups is 1. The standard InChI is InChI=1S/C18H22N2O3/c1-2-23-14-6-5-10-20(12-14)18(22)13-19-11-9-17(21)15-7-3-4-8-16(15)19/h3-4,7-9,11,14H,2,5-6,10,12-13H2,1H3. The van der Waals surface area contributed by atoms with Crippen molar-refractivity contribution >= 4 is 16.8 Å². The van der Waals surface area contributed by atoms with Gasteiger partial charge in [-0.25, -0.2) is 0 Å². The summed E-state index contributed by atoms with van der Waals surface area (Å²) in [5.74, 6) is 0.0724. The lowest BCUT2D eigenvalue weighted by Crippen LogP contribution is -2.44. The Hall–Kier alpha value is -2.14. The van der Waals surface area contributed by atoms with Crippen molar-refractivity contribution in [3.63, 3.8) is 0 Å². The highest BCUT2D eigenvalue weighted by molar-refractivity contribution is 5.82. The zero-order chi connectivity index (χ0) is 16.2. The number of carbonyl (C=O) groups excluding carboxylic acids is 1. The van der Waals surface area contributed by atoms with Crippen molar-refractivity contribution in [3.8, 4) is 0 Å². The Kier molecular flexibility index (Phi) is 4.76. The highest BCUT2D eigenvalue weighted by Crippen LogP contribution is 2.15. The Morgan fingerprint density at radius 1 is 1.30 bits per heavy atom. The molecule has 0 N–H and O–H groups in total. The molecule has 0 bridgehead atoms. The van der Waals surface area contributed by atoms with Crippen LogP contribution in [0, 0.1) is 0 Å². The van der Waals surface area contributed by atoms with E-state index in [1.54, 1.807) is 12.3 Å². The molecule has 23 heavy (non-hydrogen) atoms. The predicted octanol–water partition coefficient (Wildman–Crippen LogP) is 2.03. The van der Waals surface area contributed by atoms with Crippen LogP contribution in [0.3, 0.4) is 0 Å². The Labute approximate surface area is 135 Å². The second kappa shape index (κ2) is 6.96. The molecule has 0 spiro atoms. The minimum Gasteiger partial charge on any atom is -0.377 e. The number of pyridine rings is 1. The predicted molar refractivity (Wildman–Crippen MR) is 89.4 cm³/mol. The summed E-state index contributed by atoms with van der Waals surface area (Å²) in [6.07, 6.45) is 3.83. The van der Waals surface area contributed by atoms with E-state index in [1.165, 1.54) is 6.07 Å². The third-order valence-electron chi connectivity index (χ3n) is 4.32. The van der Waals surface area contributed by atoms with Crippen LogP contribution < -0.4 is 5.43 Å². The first-order chi connectivity index (χ1) is 11.2. The number of aromatic nitrogens is 1. The minimum atomic E-state index is -0.0151. The number of nitrogens with zero attached hydrogens (tertiary/aromatic N) is 2. The number of fused-ring (bicyclic) bond motifs is 1. The van der Waals surface area contributed by atoms with Gasteiger partial charge in [0.25, 0.3) is 0 Å². The van der Waals surface area contributed by atoms with Crippen LogP contribution in [0.25, 0.3) is 10.9 Å². The van der Waals surface area contributed by atoms with Gasteiger partial charge in [0, 0.05) is 37.3 Å². The summed E-state index contributed by atoms with van der Waals surface area (Å²) in [7, 11) is 0. The monoisotopic (exact) mass is 314 g/mol. The average molecular weight is 314 g/mol. The lowest BCUT2D eigenvalue weighted by Gasteiger charge is -2.32. The van der Waals surface area contributed by atoms with Crippen molar-refractivity contribution in [2.75, 3.05) is 19.7 Å². The van der Waals surface area contributed by atoms with E-state index < -0.39 is 0 Å². The van der Waals surface area contributed by atoms with Crippen LogP contribution >= 0.6 is 0 Å².